The van der Waals surface area contributed by atoms with E-state index in [1.807, 2.05) is 67.7 Å². The van der Waals surface area contributed by atoms with Gasteiger partial charge in [0.2, 0.25) is 0 Å². The molecular formula is C20H19ClN2O. The number of aliphatic hydroxyl groups excluding tert-OH is 1. The molecule has 0 unspecified atom stereocenters. The van der Waals surface area contributed by atoms with E-state index in [0.717, 1.165) is 27.8 Å². The number of nitrogens with two attached hydrogens (primary N) is 1. The van der Waals surface area contributed by atoms with Crippen molar-refractivity contribution in [1.82, 2.24) is 4.98 Å². The lowest BCUT2D eigenvalue weighted by atomic mass is 9.94. The van der Waals surface area contributed by atoms with E-state index in [2.05, 4.69) is 4.98 Å². The van der Waals surface area contributed by atoms with Crippen LogP contribution in [0.3, 0.4) is 0 Å². The van der Waals surface area contributed by atoms with Crippen molar-refractivity contribution in [2.75, 3.05) is 0 Å². The molecule has 1 heterocycles. The Balaban J connectivity index is 1.81. The molecule has 3 aromatic rings. The largest absolute Gasteiger partial charge is 0.386 e. The van der Waals surface area contributed by atoms with Crippen LogP contribution in [-0.2, 0) is 0 Å². The Kier molecular flexibility index (Phi) is 4.95. The van der Waals surface area contributed by atoms with Gasteiger partial charge in [0.1, 0.15) is 0 Å². The smallest absolute Gasteiger partial charge is 0.0982 e. The van der Waals surface area contributed by atoms with Gasteiger partial charge >= 0.3 is 0 Å². The summed E-state index contributed by atoms with van der Waals surface area (Å²) in [5.74, 6) is 0. The van der Waals surface area contributed by atoms with Gasteiger partial charge < -0.3 is 10.8 Å². The quantitative estimate of drug-likeness (QED) is 0.739. The van der Waals surface area contributed by atoms with Crippen LogP contribution in [0, 0.1) is 6.92 Å². The summed E-state index contributed by atoms with van der Waals surface area (Å²) in [7, 11) is 0. The molecule has 2 atom stereocenters. The van der Waals surface area contributed by atoms with Crippen molar-refractivity contribution >= 4 is 11.6 Å². The van der Waals surface area contributed by atoms with E-state index < -0.39 is 12.1 Å². The fourth-order valence-corrected chi connectivity index (χ4v) is 2.80. The number of halogens is 1. The van der Waals surface area contributed by atoms with E-state index in [1.54, 1.807) is 6.20 Å². The fraction of sp³-hybridized carbons (Fsp3) is 0.150. The lowest BCUT2D eigenvalue weighted by molar-refractivity contribution is 0.147. The van der Waals surface area contributed by atoms with E-state index in [9.17, 15) is 5.11 Å². The third kappa shape index (κ3) is 3.49. The second-order valence-electron chi connectivity index (χ2n) is 5.84. The molecule has 3 N–H and O–H groups in total. The molecule has 1 aromatic heterocycles. The van der Waals surface area contributed by atoms with E-state index in [1.165, 1.54) is 0 Å². The molecule has 0 aliphatic carbocycles. The van der Waals surface area contributed by atoms with Crippen molar-refractivity contribution in [2.24, 2.45) is 5.73 Å². The molecule has 0 saturated heterocycles. The van der Waals surface area contributed by atoms with Crippen LogP contribution in [0.25, 0.3) is 11.1 Å². The lowest BCUT2D eigenvalue weighted by Crippen LogP contribution is -2.19. The van der Waals surface area contributed by atoms with E-state index in [0.29, 0.717) is 5.02 Å². The van der Waals surface area contributed by atoms with Crippen LogP contribution in [-0.4, -0.2) is 10.1 Å². The molecule has 0 amide bonds. The zero-order valence-corrected chi connectivity index (χ0v) is 14.1. The summed E-state index contributed by atoms with van der Waals surface area (Å²) in [6.45, 7) is 1.94. The summed E-state index contributed by atoms with van der Waals surface area (Å²) in [6, 6.07) is 16.7. The summed E-state index contributed by atoms with van der Waals surface area (Å²) in [5, 5.41) is 11.2. The molecular weight excluding hydrogens is 320 g/mol. The highest BCUT2D eigenvalue weighted by Gasteiger charge is 2.19. The number of pyridine rings is 1. The zero-order valence-electron chi connectivity index (χ0n) is 13.4. The second-order valence-corrected chi connectivity index (χ2v) is 6.25. The van der Waals surface area contributed by atoms with Crippen molar-refractivity contribution < 1.29 is 5.11 Å². The number of rotatable bonds is 4. The molecule has 24 heavy (non-hydrogen) atoms. The van der Waals surface area contributed by atoms with Crippen molar-refractivity contribution in [2.45, 2.75) is 19.1 Å². The van der Waals surface area contributed by atoms with Gasteiger partial charge in [0.15, 0.2) is 0 Å². The summed E-state index contributed by atoms with van der Waals surface area (Å²) < 4.78 is 0. The van der Waals surface area contributed by atoms with Crippen molar-refractivity contribution in [1.29, 1.82) is 0 Å². The lowest BCUT2D eigenvalue weighted by Gasteiger charge is -2.20. The van der Waals surface area contributed by atoms with Crippen molar-refractivity contribution in [3.05, 3.63) is 88.7 Å². The van der Waals surface area contributed by atoms with Gasteiger partial charge in [-0.2, -0.15) is 0 Å². The first-order valence-electron chi connectivity index (χ1n) is 7.76. The molecule has 2 aromatic carbocycles. The van der Waals surface area contributed by atoms with Crippen LogP contribution in [0.2, 0.25) is 5.02 Å². The summed E-state index contributed by atoms with van der Waals surface area (Å²) in [6.07, 6.45) is 2.76. The van der Waals surface area contributed by atoms with Crippen LogP contribution in [0.4, 0.5) is 0 Å². The average molecular weight is 339 g/mol. The number of hydrogen-bond donors (Lipinski definition) is 2. The maximum atomic E-state index is 10.6. The molecule has 0 bridgehead atoms. The van der Waals surface area contributed by atoms with Gasteiger partial charge in [0.25, 0.3) is 0 Å². The Hall–Kier alpha value is -2.20. The molecule has 3 rings (SSSR count). The molecule has 0 radical (unpaired) electrons. The van der Waals surface area contributed by atoms with E-state index in [-0.39, 0.29) is 0 Å². The molecule has 3 nitrogen and oxygen atoms in total. The van der Waals surface area contributed by atoms with E-state index in [4.69, 9.17) is 17.3 Å². The zero-order chi connectivity index (χ0) is 17.1. The first-order valence-corrected chi connectivity index (χ1v) is 8.14. The second kappa shape index (κ2) is 7.14. The Bertz CT molecular complexity index is 819. The van der Waals surface area contributed by atoms with Gasteiger partial charge in [-0.1, -0.05) is 54.1 Å². The Morgan fingerprint density at radius 3 is 2.33 bits per heavy atom. The number of aliphatic hydroxyl groups is 1. The number of aryl methyl sites for hydroxylation is 1. The molecule has 0 fully saturated rings. The highest BCUT2D eigenvalue weighted by Crippen LogP contribution is 2.30. The van der Waals surface area contributed by atoms with Gasteiger partial charge in [-0.15, -0.1) is 0 Å². The number of aromatic nitrogens is 1. The van der Waals surface area contributed by atoms with Crippen LogP contribution < -0.4 is 5.73 Å². The minimum atomic E-state index is -0.799. The Morgan fingerprint density at radius 1 is 1.00 bits per heavy atom. The van der Waals surface area contributed by atoms with Gasteiger partial charge in [0, 0.05) is 17.4 Å². The van der Waals surface area contributed by atoms with Gasteiger partial charge in [-0.05, 0) is 46.9 Å². The minimum absolute atomic E-state index is 0.535. The normalized spacial score (nSPS) is 13.5. The molecule has 0 saturated carbocycles. The fourth-order valence-electron chi connectivity index (χ4n) is 2.61. The summed E-state index contributed by atoms with van der Waals surface area (Å²) >= 11 is 6.15. The molecule has 4 heteroatoms. The first kappa shape index (κ1) is 16.7. The minimum Gasteiger partial charge on any atom is -0.386 e. The SMILES string of the molecule is Cc1ccc([C@H](N)[C@H](O)c2ccc(-c3cccnc3)cc2)cc1Cl. The van der Waals surface area contributed by atoms with Crippen molar-refractivity contribution in [3.8, 4) is 11.1 Å². The van der Waals surface area contributed by atoms with Gasteiger partial charge in [0.05, 0.1) is 12.1 Å². The van der Waals surface area contributed by atoms with Crippen LogP contribution in [0.5, 0.6) is 0 Å². The Labute approximate surface area is 146 Å². The molecule has 0 aliphatic rings. The molecule has 122 valence electrons. The highest BCUT2D eigenvalue weighted by molar-refractivity contribution is 6.31. The molecule has 0 spiro atoms. The van der Waals surface area contributed by atoms with Crippen LogP contribution in [0.1, 0.15) is 28.8 Å². The summed E-state index contributed by atoms with van der Waals surface area (Å²) in [4.78, 5) is 4.12. The van der Waals surface area contributed by atoms with E-state index >= 15 is 0 Å². The number of hydrogen-bond acceptors (Lipinski definition) is 3. The maximum Gasteiger partial charge on any atom is 0.0982 e. The predicted molar refractivity (Wildman–Crippen MR) is 97.8 cm³/mol. The number of nitrogens with zero attached hydrogens (tertiary/aromatic N) is 1. The third-order valence-corrected chi connectivity index (χ3v) is 4.58. The highest BCUT2D eigenvalue weighted by atomic mass is 35.5. The number of benzene rings is 2. The van der Waals surface area contributed by atoms with Gasteiger partial charge in [-0.3, -0.25) is 4.98 Å². The van der Waals surface area contributed by atoms with Crippen LogP contribution in [0.15, 0.2) is 67.0 Å². The monoisotopic (exact) mass is 338 g/mol. The topological polar surface area (TPSA) is 59.1 Å². The van der Waals surface area contributed by atoms with Gasteiger partial charge in [-0.25, -0.2) is 0 Å². The summed E-state index contributed by atoms with van der Waals surface area (Å²) in [5.41, 5.74) is 10.9. The van der Waals surface area contributed by atoms with Crippen molar-refractivity contribution in [3.63, 3.8) is 0 Å². The maximum absolute atomic E-state index is 10.6. The average Bonchev–Trinajstić information content (AvgIpc) is 2.63. The Morgan fingerprint density at radius 2 is 1.71 bits per heavy atom. The first-order chi connectivity index (χ1) is 11.6. The molecule has 0 aliphatic heterocycles. The third-order valence-electron chi connectivity index (χ3n) is 4.17. The van der Waals surface area contributed by atoms with Crippen LogP contribution >= 0.6 is 11.6 Å². The predicted octanol–water partition coefficient (Wildman–Crippen LogP) is 4.44. The standard InChI is InChI=1S/C20H19ClN2O/c1-13-4-5-16(11-18(13)21)19(22)20(24)15-8-6-14(7-9-15)17-3-2-10-23-12-17/h2-12,19-20,24H,22H2,1H3/t19-,20+/m0/s1.